The van der Waals surface area contributed by atoms with E-state index in [1.807, 2.05) is 57.2 Å². The molecule has 0 aromatic heterocycles. The summed E-state index contributed by atoms with van der Waals surface area (Å²) in [5.41, 5.74) is 3.26. The molecule has 32 heavy (non-hydrogen) atoms. The van der Waals surface area contributed by atoms with Crippen molar-refractivity contribution in [2.45, 2.75) is 20.8 Å². The molecule has 170 valence electrons. The molecule has 0 aliphatic carbocycles. The summed E-state index contributed by atoms with van der Waals surface area (Å²) in [6.45, 7) is 6.03. The van der Waals surface area contributed by atoms with Crippen molar-refractivity contribution in [2.75, 3.05) is 0 Å². The molecule has 0 unspecified atom stereocenters. The summed E-state index contributed by atoms with van der Waals surface area (Å²) in [5, 5.41) is 0. The molecule has 0 saturated heterocycles. The van der Waals surface area contributed by atoms with Gasteiger partial charge in [0.15, 0.2) is 17.2 Å². The van der Waals surface area contributed by atoms with Crippen molar-refractivity contribution in [3.63, 3.8) is 0 Å². The summed E-state index contributed by atoms with van der Waals surface area (Å²) in [5.74, 6) is 1.78. The van der Waals surface area contributed by atoms with Crippen molar-refractivity contribution in [2.24, 2.45) is 0 Å². The largest absolute Gasteiger partial charge is 0.530 e. The van der Waals surface area contributed by atoms with Gasteiger partial charge in [-0.1, -0.05) is 0 Å². The van der Waals surface area contributed by atoms with E-state index < -0.39 is 8.60 Å². The van der Waals surface area contributed by atoms with Crippen LogP contribution in [0.15, 0.2) is 63.2 Å². The van der Waals surface area contributed by atoms with Crippen LogP contribution in [0.2, 0.25) is 0 Å². The van der Waals surface area contributed by atoms with Crippen molar-refractivity contribution in [1.29, 1.82) is 0 Å². The molecule has 3 rings (SSSR count). The van der Waals surface area contributed by atoms with Gasteiger partial charge in [0.05, 0.1) is 26.8 Å². The summed E-state index contributed by atoms with van der Waals surface area (Å²) >= 11 is 21.5. The number of rotatable bonds is 6. The topological polar surface area (TPSA) is 27.7 Å². The molecule has 3 aromatic rings. The van der Waals surface area contributed by atoms with Gasteiger partial charge in [-0.2, -0.15) is 0 Å². The predicted molar refractivity (Wildman–Crippen MR) is 149 cm³/mol. The van der Waals surface area contributed by atoms with Crippen LogP contribution >= 0.6 is 104 Å². The maximum atomic E-state index is 6.26. The Hall–Kier alpha value is 1.06. The first-order chi connectivity index (χ1) is 14.5. The Morgan fingerprint density at radius 3 is 0.844 bits per heavy atom. The number of aryl methyl sites for hydroxylation is 3. The normalized spacial score (nSPS) is 10.7. The average molecular weight is 1010 g/mol. The molecule has 0 N–H and O–H groups in total. The van der Waals surface area contributed by atoms with Crippen LogP contribution in [-0.4, -0.2) is 0 Å². The predicted octanol–water partition coefficient (Wildman–Crippen LogP) is 10.9. The van der Waals surface area contributed by atoms with E-state index in [2.05, 4.69) is 95.6 Å². The zero-order chi connectivity index (χ0) is 22.9. The third kappa shape index (κ3) is 7.53. The van der Waals surface area contributed by atoms with Crippen LogP contribution in [-0.2, 0) is 21.1 Å². The van der Waals surface area contributed by atoms with Gasteiger partial charge >= 0.3 is 8.60 Å². The Bertz CT molecular complexity index is 934. The van der Waals surface area contributed by atoms with Gasteiger partial charge in [-0.3, -0.25) is 0 Å². The molecule has 11 heteroatoms. The second-order valence-corrected chi connectivity index (χ2v) is 12.8. The molecular formula is C21H15Br6O3PW. The molecule has 0 spiro atoms. The summed E-state index contributed by atoms with van der Waals surface area (Å²) < 4.78 is 23.6. The van der Waals surface area contributed by atoms with Gasteiger partial charge in [-0.05, 0) is 169 Å². The molecule has 0 amide bonds. The van der Waals surface area contributed by atoms with E-state index >= 15 is 0 Å². The fourth-order valence-corrected chi connectivity index (χ4v) is 9.23. The molecule has 3 aromatic carbocycles. The molecule has 0 aliphatic rings. The summed E-state index contributed by atoms with van der Waals surface area (Å²) in [6, 6.07) is 11.9. The molecular weight excluding hydrogens is 994 g/mol. The van der Waals surface area contributed by atoms with Crippen molar-refractivity contribution in [3.8, 4) is 17.2 Å². The summed E-state index contributed by atoms with van der Waals surface area (Å²) in [7, 11) is -1.90. The first kappa shape index (κ1) is 29.3. The SMILES string of the molecule is Cc1cc(Br)c(OP(Oc2c(Br)cc(C)cc2Br)Oc2c(Br)cc(C)cc2Br)c(Br)c1.[W]. The minimum absolute atomic E-state index is 0. The van der Waals surface area contributed by atoms with Gasteiger partial charge in [0.25, 0.3) is 0 Å². The standard InChI is InChI=1S/C21H15Br6O3P.W/c1-10-4-13(22)19(14(23)5-10)28-31(29-20-15(24)6-11(2)7-16(20)25)30-21-17(26)8-12(3)9-18(21)27;/h4-9H,1-3H3;. The summed E-state index contributed by atoms with van der Waals surface area (Å²) in [4.78, 5) is 0. The van der Waals surface area contributed by atoms with Crippen molar-refractivity contribution >= 4 is 104 Å². The fraction of sp³-hybridized carbons (Fsp3) is 0.143. The molecule has 0 saturated carbocycles. The minimum Gasteiger partial charge on any atom is -0.406 e. The maximum absolute atomic E-state index is 6.26. The van der Waals surface area contributed by atoms with E-state index in [1.165, 1.54) is 0 Å². The molecule has 0 radical (unpaired) electrons. The van der Waals surface area contributed by atoms with Crippen molar-refractivity contribution in [3.05, 3.63) is 79.9 Å². The van der Waals surface area contributed by atoms with Crippen LogP contribution in [0.5, 0.6) is 17.2 Å². The third-order valence-corrected chi connectivity index (χ3v) is 8.45. The Morgan fingerprint density at radius 1 is 0.469 bits per heavy atom. The van der Waals surface area contributed by atoms with E-state index in [0.29, 0.717) is 17.2 Å². The molecule has 0 bridgehead atoms. The zero-order valence-electron chi connectivity index (χ0n) is 16.8. The minimum atomic E-state index is -1.90. The van der Waals surface area contributed by atoms with E-state index in [4.69, 9.17) is 13.6 Å². The second kappa shape index (κ2) is 12.8. The van der Waals surface area contributed by atoms with Crippen LogP contribution in [0, 0.1) is 20.8 Å². The van der Waals surface area contributed by atoms with Crippen molar-refractivity contribution < 1.29 is 34.6 Å². The monoisotopic (exact) mass is 1000 g/mol. The molecule has 0 atom stereocenters. The number of halogens is 6. The van der Waals surface area contributed by atoms with Gasteiger partial charge in [-0.15, -0.1) is 0 Å². The van der Waals surface area contributed by atoms with E-state index in [9.17, 15) is 0 Å². The number of benzene rings is 3. The van der Waals surface area contributed by atoms with Gasteiger partial charge in [0.1, 0.15) is 0 Å². The first-order valence-corrected chi connectivity index (χ1v) is 14.6. The van der Waals surface area contributed by atoms with Gasteiger partial charge < -0.3 is 13.6 Å². The Balaban J connectivity index is 0.00000363. The first-order valence-electron chi connectivity index (χ1n) is 8.76. The van der Waals surface area contributed by atoms with Crippen LogP contribution in [0.3, 0.4) is 0 Å². The number of hydrogen-bond acceptors (Lipinski definition) is 3. The molecule has 0 aliphatic heterocycles. The zero-order valence-corrected chi connectivity index (χ0v) is 30.2. The van der Waals surface area contributed by atoms with Crippen LogP contribution < -0.4 is 13.6 Å². The fourth-order valence-electron chi connectivity index (χ4n) is 2.60. The molecule has 0 fully saturated rings. The number of hydrogen-bond donors (Lipinski definition) is 0. The Labute approximate surface area is 253 Å². The van der Waals surface area contributed by atoms with Gasteiger partial charge in [0.2, 0.25) is 0 Å². The van der Waals surface area contributed by atoms with Gasteiger partial charge in [-0.25, -0.2) is 0 Å². The van der Waals surface area contributed by atoms with Crippen LogP contribution in [0.25, 0.3) is 0 Å². The van der Waals surface area contributed by atoms with E-state index in [-0.39, 0.29) is 21.1 Å². The molecule has 3 nitrogen and oxygen atoms in total. The maximum Gasteiger partial charge on any atom is 0.530 e. The van der Waals surface area contributed by atoms with Gasteiger partial charge in [0, 0.05) is 21.1 Å². The van der Waals surface area contributed by atoms with Crippen LogP contribution in [0.4, 0.5) is 0 Å². The Morgan fingerprint density at radius 2 is 0.656 bits per heavy atom. The summed E-state index contributed by atoms with van der Waals surface area (Å²) in [6.07, 6.45) is 0. The van der Waals surface area contributed by atoms with Crippen molar-refractivity contribution in [1.82, 2.24) is 0 Å². The van der Waals surface area contributed by atoms with Crippen LogP contribution in [0.1, 0.15) is 16.7 Å². The Kier molecular flexibility index (Phi) is 11.8. The average Bonchev–Trinajstić information content (AvgIpc) is 2.63. The van der Waals surface area contributed by atoms with E-state index in [1.54, 1.807) is 0 Å². The molecule has 0 heterocycles. The smallest absolute Gasteiger partial charge is 0.406 e. The van der Waals surface area contributed by atoms with E-state index in [0.717, 1.165) is 43.5 Å². The quantitative estimate of drug-likeness (QED) is 0.230. The third-order valence-electron chi connectivity index (χ3n) is 3.93. The second-order valence-electron chi connectivity index (χ2n) is 6.67.